The SMILES string of the molecule is [2H]C([2H])(C)C([2H])([2H])C. The van der Waals surface area contributed by atoms with Gasteiger partial charge in [0.1, 0.15) is 0 Å². The number of hydrogen-bond donors (Lipinski definition) is 0. The molecule has 4 heavy (non-hydrogen) atoms. The molecule has 0 rings (SSSR count). The topological polar surface area (TPSA) is 0 Å². The van der Waals surface area contributed by atoms with Crippen LogP contribution in [0.1, 0.15) is 32.1 Å². The highest BCUT2D eigenvalue weighted by molar-refractivity contribution is 4.12. The van der Waals surface area contributed by atoms with Crippen molar-refractivity contribution in [1.29, 1.82) is 0 Å². The highest BCUT2D eigenvalue weighted by Gasteiger charge is 1.56. The lowest BCUT2D eigenvalue weighted by molar-refractivity contribution is 0.886. The summed E-state index contributed by atoms with van der Waals surface area (Å²) in [6.07, 6.45) is -3.46. The first kappa shape index (κ1) is 0.735. The Bertz CT molecular complexity index is 63.0. The Labute approximate surface area is 33.5 Å². The monoisotopic (exact) mass is 62.1 g/mol. The molecular formula is C4H10. The van der Waals surface area contributed by atoms with E-state index in [1.54, 1.807) is 0 Å². The van der Waals surface area contributed by atoms with Gasteiger partial charge in [-0.3, -0.25) is 0 Å². The van der Waals surface area contributed by atoms with Crippen molar-refractivity contribution in [2.24, 2.45) is 0 Å². The quantitative estimate of drug-likeness (QED) is 0.434. The Hall–Kier alpha value is 0. The molecule has 0 fully saturated rings. The van der Waals surface area contributed by atoms with Crippen LogP contribution in [-0.4, -0.2) is 0 Å². The molecule has 0 heteroatoms. The van der Waals surface area contributed by atoms with Gasteiger partial charge in [-0.05, 0) is 0 Å². The second-order valence-corrected chi connectivity index (χ2v) is 0.500. The van der Waals surface area contributed by atoms with E-state index in [1.165, 1.54) is 13.8 Å². The third-order valence-electron chi connectivity index (χ3n) is 0.250. The molecule has 0 atom stereocenters. The second kappa shape index (κ2) is 3.00. The van der Waals surface area contributed by atoms with E-state index in [4.69, 9.17) is 5.48 Å². The average molecular weight is 62.1 g/mol. The summed E-state index contributed by atoms with van der Waals surface area (Å²) in [4.78, 5) is 0. The third-order valence-corrected chi connectivity index (χ3v) is 0.250. The fraction of sp³-hybridized carbons (Fsp3) is 1.00. The van der Waals surface area contributed by atoms with Gasteiger partial charge in [0.05, 0.1) is 0 Å². The first-order chi connectivity index (χ1) is 3.25. The summed E-state index contributed by atoms with van der Waals surface area (Å²) in [6.45, 7) is 2.46. The van der Waals surface area contributed by atoms with Gasteiger partial charge in [0.2, 0.25) is 0 Å². The summed E-state index contributed by atoms with van der Waals surface area (Å²) in [5.41, 5.74) is 0. The van der Waals surface area contributed by atoms with Crippen LogP contribution in [-0.2, 0) is 0 Å². The summed E-state index contributed by atoms with van der Waals surface area (Å²) in [7, 11) is 0. The zero-order valence-corrected chi connectivity index (χ0v) is 3.00. The first-order valence-corrected chi connectivity index (χ1v) is 1.25. The van der Waals surface area contributed by atoms with Crippen LogP contribution in [0, 0.1) is 0 Å². The van der Waals surface area contributed by atoms with E-state index in [2.05, 4.69) is 0 Å². The van der Waals surface area contributed by atoms with Gasteiger partial charge in [0.15, 0.2) is 0 Å². The molecule has 0 aliphatic carbocycles. The van der Waals surface area contributed by atoms with Crippen molar-refractivity contribution < 1.29 is 5.48 Å². The van der Waals surface area contributed by atoms with Crippen LogP contribution in [0.3, 0.4) is 0 Å². The Morgan fingerprint density at radius 2 is 1.75 bits per heavy atom. The maximum absolute atomic E-state index is 6.88. The summed E-state index contributed by atoms with van der Waals surface area (Å²) < 4.78 is 27.5. The Balaban J connectivity index is 4.02. The molecule has 0 heterocycles. The van der Waals surface area contributed by atoms with Crippen molar-refractivity contribution in [2.75, 3.05) is 0 Å². The highest BCUT2D eigenvalue weighted by atomic mass is 13.6. The van der Waals surface area contributed by atoms with Crippen molar-refractivity contribution in [3.05, 3.63) is 0 Å². The molecule has 0 aromatic heterocycles. The molecule has 0 saturated carbocycles. The highest BCUT2D eigenvalue weighted by Crippen LogP contribution is 1.76. The molecule has 0 aliphatic rings. The third kappa shape index (κ3) is 2.00. The second-order valence-electron chi connectivity index (χ2n) is 0.500. The van der Waals surface area contributed by atoms with E-state index in [0.717, 1.165) is 0 Å². The molecule has 0 aliphatic heterocycles. The van der Waals surface area contributed by atoms with Crippen LogP contribution in [0.15, 0.2) is 0 Å². The zero-order chi connectivity index (χ0) is 7.00. The van der Waals surface area contributed by atoms with Crippen molar-refractivity contribution in [2.45, 2.75) is 26.6 Å². The summed E-state index contributed by atoms with van der Waals surface area (Å²) >= 11 is 0. The van der Waals surface area contributed by atoms with Gasteiger partial charge in [0.25, 0.3) is 0 Å². The van der Waals surface area contributed by atoms with Crippen LogP contribution >= 0.6 is 0 Å². The molecule has 0 spiro atoms. The van der Waals surface area contributed by atoms with E-state index >= 15 is 0 Å². The van der Waals surface area contributed by atoms with Crippen molar-refractivity contribution in [3.63, 3.8) is 0 Å². The normalized spacial score (nSPS) is 29.5. The fourth-order valence-corrected chi connectivity index (χ4v) is 0. The van der Waals surface area contributed by atoms with Gasteiger partial charge in [-0.15, -0.1) is 0 Å². The summed E-state index contributed by atoms with van der Waals surface area (Å²) in [5.74, 6) is 0. The minimum absolute atomic E-state index is 1.23. The Kier molecular flexibility index (Phi) is 0.551. The van der Waals surface area contributed by atoms with Gasteiger partial charge in [-0.25, -0.2) is 0 Å². The molecule has 0 saturated heterocycles. The van der Waals surface area contributed by atoms with Crippen LogP contribution < -0.4 is 0 Å². The largest absolute Gasteiger partial charge is 0.0654 e. The van der Waals surface area contributed by atoms with E-state index < -0.39 is 12.7 Å². The fourth-order valence-electron chi connectivity index (χ4n) is 0. The molecule has 0 N–H and O–H groups in total. The van der Waals surface area contributed by atoms with E-state index in [1.807, 2.05) is 0 Å². The van der Waals surface area contributed by atoms with Crippen molar-refractivity contribution in [1.82, 2.24) is 0 Å². The summed E-state index contributed by atoms with van der Waals surface area (Å²) in [5, 5.41) is 0. The maximum atomic E-state index is 6.88. The van der Waals surface area contributed by atoms with Gasteiger partial charge < -0.3 is 0 Å². The van der Waals surface area contributed by atoms with Gasteiger partial charge in [-0.2, -0.15) is 0 Å². The molecule has 0 nitrogen and oxygen atoms in total. The predicted molar refractivity (Wildman–Crippen MR) is 20.6 cm³/mol. The minimum atomic E-state index is -1.73. The molecule has 0 radical (unpaired) electrons. The lowest BCUT2D eigenvalue weighted by Gasteiger charge is -1.68. The smallest absolute Gasteiger partial charge is 0.0264 e. The molecule has 0 unspecified atom stereocenters. The van der Waals surface area contributed by atoms with E-state index in [9.17, 15) is 0 Å². The zero-order valence-electron chi connectivity index (χ0n) is 7.00. The van der Waals surface area contributed by atoms with Gasteiger partial charge in [-0.1, -0.05) is 26.6 Å². The maximum Gasteiger partial charge on any atom is 0.0264 e. The van der Waals surface area contributed by atoms with Gasteiger partial charge >= 0.3 is 0 Å². The molecule has 0 bridgehead atoms. The van der Waals surface area contributed by atoms with Crippen LogP contribution in [0.4, 0.5) is 0 Å². The van der Waals surface area contributed by atoms with Crippen molar-refractivity contribution in [3.8, 4) is 0 Å². The standard InChI is InChI=1S/C4H10/c1-3-4-2/h3-4H2,1-2H3/i3D2,4D2. The van der Waals surface area contributed by atoms with Crippen LogP contribution in [0.25, 0.3) is 0 Å². The van der Waals surface area contributed by atoms with Crippen LogP contribution in [0.2, 0.25) is 0 Å². The van der Waals surface area contributed by atoms with Crippen LogP contribution in [0.5, 0.6) is 0 Å². The average Bonchev–Trinajstić information content (AvgIpc) is 1.25. The van der Waals surface area contributed by atoms with Gasteiger partial charge in [0, 0.05) is 5.48 Å². The Morgan fingerprint density at radius 3 is 1.75 bits per heavy atom. The molecule has 0 amide bonds. The molecular weight excluding hydrogens is 48.0 g/mol. The molecule has 0 aromatic carbocycles. The first-order valence-electron chi connectivity index (χ1n) is 3.25. The Morgan fingerprint density at radius 1 is 1.50 bits per heavy atom. The number of rotatable bonds is 1. The minimum Gasteiger partial charge on any atom is -0.0654 e. The summed E-state index contributed by atoms with van der Waals surface area (Å²) in [6, 6.07) is 0. The predicted octanol–water partition coefficient (Wildman–Crippen LogP) is 1.81. The molecule has 26 valence electrons. The lowest BCUT2D eigenvalue weighted by Crippen LogP contribution is -1.47. The van der Waals surface area contributed by atoms with Crippen molar-refractivity contribution >= 4 is 0 Å². The molecule has 0 aromatic rings. The lowest BCUT2D eigenvalue weighted by atomic mass is 10.4. The van der Waals surface area contributed by atoms with E-state index in [-0.39, 0.29) is 0 Å². The number of hydrogen-bond acceptors (Lipinski definition) is 0. The van der Waals surface area contributed by atoms with E-state index in [0.29, 0.717) is 0 Å².